The zero-order chi connectivity index (χ0) is 19.1. The van der Waals surface area contributed by atoms with Gasteiger partial charge in [0.1, 0.15) is 0 Å². The molecule has 0 spiro atoms. The normalized spacial score (nSPS) is 10.7. The van der Waals surface area contributed by atoms with Crippen molar-refractivity contribution in [3.63, 3.8) is 0 Å². The van der Waals surface area contributed by atoms with Gasteiger partial charge in [0, 0.05) is 24.6 Å². The number of hydrazone groups is 1. The molecule has 0 bridgehead atoms. The third kappa shape index (κ3) is 5.78. The molecule has 0 unspecified atom stereocenters. The van der Waals surface area contributed by atoms with E-state index in [1.165, 1.54) is 18.3 Å². The topological polar surface area (TPSA) is 114 Å². The molecule has 0 aliphatic rings. The van der Waals surface area contributed by atoms with Crippen molar-refractivity contribution < 1.29 is 14.5 Å². The number of carbonyl (C=O) groups is 2. The summed E-state index contributed by atoms with van der Waals surface area (Å²) in [5.41, 5.74) is 5.19. The minimum Gasteiger partial charge on any atom is -0.326 e. The summed E-state index contributed by atoms with van der Waals surface area (Å²) in [4.78, 5) is 34.2. The number of rotatable bonds is 7. The maximum atomic E-state index is 11.9. The summed E-state index contributed by atoms with van der Waals surface area (Å²) < 4.78 is 0. The first kappa shape index (κ1) is 19.3. The molecule has 9 heteroatoms. The number of aryl methyl sites for hydroxylation is 2. The molecule has 2 aromatic rings. The maximum Gasteiger partial charge on any atom is 0.324 e. The monoisotopic (exact) mass is 374 g/mol. The van der Waals surface area contributed by atoms with Crippen molar-refractivity contribution in [1.82, 2.24) is 5.43 Å². The quantitative estimate of drug-likeness (QED) is 0.440. The Balaban J connectivity index is 1.75. The van der Waals surface area contributed by atoms with Crippen LogP contribution in [0.3, 0.4) is 0 Å². The Morgan fingerprint density at radius 3 is 2.54 bits per heavy atom. The predicted octanol–water partition coefficient (Wildman–Crippen LogP) is 3.14. The van der Waals surface area contributed by atoms with E-state index in [1.807, 2.05) is 32.0 Å². The molecule has 0 aliphatic carbocycles. The van der Waals surface area contributed by atoms with Crippen molar-refractivity contribution in [1.29, 1.82) is 0 Å². The van der Waals surface area contributed by atoms with Crippen molar-refractivity contribution in [2.75, 3.05) is 5.32 Å². The summed E-state index contributed by atoms with van der Waals surface area (Å²) in [6.45, 7) is 3.94. The first-order valence-electron chi connectivity index (χ1n) is 7.78. The summed E-state index contributed by atoms with van der Waals surface area (Å²) in [7, 11) is 0. The van der Waals surface area contributed by atoms with Gasteiger partial charge in [-0.2, -0.15) is 5.10 Å². The number of anilines is 1. The van der Waals surface area contributed by atoms with Crippen LogP contribution < -0.4 is 10.7 Å². The van der Waals surface area contributed by atoms with Crippen LogP contribution in [-0.2, 0) is 9.59 Å². The van der Waals surface area contributed by atoms with Gasteiger partial charge in [0.2, 0.25) is 11.8 Å². The van der Waals surface area contributed by atoms with E-state index in [-0.39, 0.29) is 23.7 Å². The highest BCUT2D eigenvalue weighted by Crippen LogP contribution is 2.22. The second-order valence-corrected chi connectivity index (χ2v) is 6.67. The lowest BCUT2D eigenvalue weighted by Gasteiger charge is -2.07. The van der Waals surface area contributed by atoms with Gasteiger partial charge in [0.05, 0.1) is 16.0 Å². The molecule has 1 aromatic heterocycles. The highest BCUT2D eigenvalue weighted by molar-refractivity contribution is 7.16. The Morgan fingerprint density at radius 2 is 1.88 bits per heavy atom. The Hall–Kier alpha value is -3.07. The molecular weight excluding hydrogens is 356 g/mol. The van der Waals surface area contributed by atoms with Gasteiger partial charge < -0.3 is 5.32 Å². The van der Waals surface area contributed by atoms with Crippen LogP contribution in [0, 0.1) is 24.0 Å². The van der Waals surface area contributed by atoms with Crippen molar-refractivity contribution in [3.8, 4) is 0 Å². The number of nitrogens with one attached hydrogen (secondary N) is 2. The minimum atomic E-state index is -0.491. The number of amides is 2. The Bertz CT molecular complexity index is 860. The van der Waals surface area contributed by atoms with Crippen LogP contribution in [0.4, 0.5) is 10.7 Å². The molecule has 0 saturated heterocycles. The van der Waals surface area contributed by atoms with Gasteiger partial charge in [-0.15, -0.1) is 0 Å². The van der Waals surface area contributed by atoms with E-state index in [9.17, 15) is 19.7 Å². The molecule has 0 atom stereocenters. The number of benzene rings is 1. The van der Waals surface area contributed by atoms with E-state index in [1.54, 1.807) is 0 Å². The van der Waals surface area contributed by atoms with Gasteiger partial charge in [-0.1, -0.05) is 17.4 Å². The molecule has 0 fully saturated rings. The summed E-state index contributed by atoms with van der Waals surface area (Å²) in [6.07, 6.45) is 1.34. The fraction of sp³-hybridized carbons (Fsp3) is 0.235. The van der Waals surface area contributed by atoms with Crippen molar-refractivity contribution in [2.45, 2.75) is 26.7 Å². The van der Waals surface area contributed by atoms with Crippen LogP contribution in [0.5, 0.6) is 0 Å². The van der Waals surface area contributed by atoms with E-state index >= 15 is 0 Å². The van der Waals surface area contributed by atoms with Gasteiger partial charge in [0.25, 0.3) is 0 Å². The zero-order valence-corrected chi connectivity index (χ0v) is 15.1. The van der Waals surface area contributed by atoms with Crippen LogP contribution in [0.2, 0.25) is 0 Å². The van der Waals surface area contributed by atoms with Gasteiger partial charge in [0.15, 0.2) is 0 Å². The van der Waals surface area contributed by atoms with Gasteiger partial charge >= 0.3 is 5.00 Å². The second kappa shape index (κ2) is 8.86. The molecule has 0 aliphatic heterocycles. The molecule has 136 valence electrons. The third-order valence-electron chi connectivity index (χ3n) is 3.54. The molecule has 8 nitrogen and oxygen atoms in total. The minimum absolute atomic E-state index is 0.000732. The van der Waals surface area contributed by atoms with E-state index in [0.717, 1.165) is 22.5 Å². The number of nitrogens with zero attached hydrogens (tertiary/aromatic N) is 2. The highest BCUT2D eigenvalue weighted by atomic mass is 32.1. The van der Waals surface area contributed by atoms with Crippen molar-refractivity contribution in [2.24, 2.45) is 5.10 Å². The standard InChI is InChI=1S/C17H18N4O4S/c1-11-3-4-13(9-12(11)2)19-15(22)6-7-16(23)20-18-10-14-5-8-17(26-14)21(24)25/h3-5,8-10H,6-7H2,1-2H3,(H,19,22)(H,20,23)/b18-10+. The van der Waals surface area contributed by atoms with Gasteiger partial charge in [-0.25, -0.2) is 5.43 Å². The zero-order valence-electron chi connectivity index (χ0n) is 14.3. The first-order chi connectivity index (χ1) is 12.3. The average Bonchev–Trinajstić information content (AvgIpc) is 3.06. The lowest BCUT2D eigenvalue weighted by atomic mass is 10.1. The molecule has 0 saturated carbocycles. The van der Waals surface area contributed by atoms with E-state index < -0.39 is 10.8 Å². The summed E-state index contributed by atoms with van der Waals surface area (Å²) in [5.74, 6) is -0.677. The maximum absolute atomic E-state index is 11.9. The fourth-order valence-electron chi connectivity index (χ4n) is 2.00. The Kier molecular flexibility index (Phi) is 6.56. The van der Waals surface area contributed by atoms with Crippen LogP contribution in [0.25, 0.3) is 0 Å². The first-order valence-corrected chi connectivity index (χ1v) is 8.60. The summed E-state index contributed by atoms with van der Waals surface area (Å²) >= 11 is 0.950. The van der Waals surface area contributed by atoms with Crippen LogP contribution in [0.15, 0.2) is 35.4 Å². The molecule has 2 rings (SSSR count). The van der Waals surface area contributed by atoms with E-state index in [4.69, 9.17) is 0 Å². The lowest BCUT2D eigenvalue weighted by molar-refractivity contribution is -0.380. The van der Waals surface area contributed by atoms with Gasteiger partial charge in [-0.05, 0) is 43.2 Å². The molecule has 1 heterocycles. The lowest BCUT2D eigenvalue weighted by Crippen LogP contribution is -2.20. The van der Waals surface area contributed by atoms with Crippen molar-refractivity contribution >= 4 is 40.1 Å². The molecule has 26 heavy (non-hydrogen) atoms. The molecule has 2 N–H and O–H groups in total. The Morgan fingerprint density at radius 1 is 1.15 bits per heavy atom. The van der Waals surface area contributed by atoms with E-state index in [0.29, 0.717) is 10.6 Å². The fourth-order valence-corrected chi connectivity index (χ4v) is 2.70. The summed E-state index contributed by atoms with van der Waals surface area (Å²) in [6, 6.07) is 8.50. The predicted molar refractivity (Wildman–Crippen MR) is 100 cm³/mol. The number of hydrogen-bond acceptors (Lipinski definition) is 6. The smallest absolute Gasteiger partial charge is 0.324 e. The molecule has 0 radical (unpaired) electrons. The highest BCUT2D eigenvalue weighted by Gasteiger charge is 2.09. The molecule has 1 aromatic carbocycles. The number of thiophene rings is 1. The molecular formula is C17H18N4O4S. The SMILES string of the molecule is Cc1ccc(NC(=O)CCC(=O)N/N=C/c2ccc([N+](=O)[O-])s2)cc1C. The van der Waals surface area contributed by atoms with Crippen molar-refractivity contribution in [3.05, 3.63) is 56.5 Å². The third-order valence-corrected chi connectivity index (χ3v) is 4.51. The second-order valence-electron chi connectivity index (χ2n) is 5.57. The number of hydrogen-bond donors (Lipinski definition) is 2. The van der Waals surface area contributed by atoms with Crippen LogP contribution in [0.1, 0.15) is 28.8 Å². The van der Waals surface area contributed by atoms with Crippen LogP contribution >= 0.6 is 11.3 Å². The Labute approximate surface area is 154 Å². The summed E-state index contributed by atoms with van der Waals surface area (Å²) in [5, 5.41) is 17.0. The largest absolute Gasteiger partial charge is 0.326 e. The average molecular weight is 374 g/mol. The van der Waals surface area contributed by atoms with Gasteiger partial charge in [-0.3, -0.25) is 19.7 Å². The number of carbonyl (C=O) groups excluding carboxylic acids is 2. The van der Waals surface area contributed by atoms with Crippen LogP contribution in [-0.4, -0.2) is 23.0 Å². The van der Waals surface area contributed by atoms with E-state index in [2.05, 4.69) is 15.8 Å². The number of nitro groups is 1. The molecule has 2 amide bonds.